The Morgan fingerprint density at radius 3 is 3.06 bits per heavy atom. The van der Waals surface area contributed by atoms with E-state index >= 15 is 0 Å². The molecule has 4 nitrogen and oxygen atoms in total. The summed E-state index contributed by atoms with van der Waals surface area (Å²) in [5, 5.41) is 0. The van der Waals surface area contributed by atoms with Crippen LogP contribution in [0.15, 0.2) is 16.8 Å². The van der Waals surface area contributed by atoms with Gasteiger partial charge >= 0.3 is 5.97 Å². The summed E-state index contributed by atoms with van der Waals surface area (Å²) in [6.07, 6.45) is 2.85. The highest BCUT2D eigenvalue weighted by molar-refractivity contribution is 6.03. The van der Waals surface area contributed by atoms with Crippen LogP contribution < -0.4 is 0 Å². The van der Waals surface area contributed by atoms with Crippen LogP contribution in [-0.4, -0.2) is 35.9 Å². The minimum atomic E-state index is -0.161. The molecule has 0 bridgehead atoms. The summed E-state index contributed by atoms with van der Waals surface area (Å²) >= 11 is 0. The molecule has 0 saturated carbocycles. The lowest BCUT2D eigenvalue weighted by Gasteiger charge is -2.23. The molecule has 0 spiro atoms. The minimum Gasteiger partial charge on any atom is -0.462 e. The Morgan fingerprint density at radius 1 is 1.62 bits per heavy atom. The van der Waals surface area contributed by atoms with Crippen molar-refractivity contribution in [1.82, 2.24) is 4.90 Å². The number of esters is 1. The van der Waals surface area contributed by atoms with Gasteiger partial charge in [0.25, 0.3) is 0 Å². The van der Waals surface area contributed by atoms with Crippen molar-refractivity contribution in [1.29, 1.82) is 0 Å². The number of carbonyl (C=O) groups is 1. The number of amidine groups is 1. The fraction of sp³-hybridized carbons (Fsp3) is 0.667. The van der Waals surface area contributed by atoms with Gasteiger partial charge in [-0.15, -0.1) is 0 Å². The molecule has 4 heteroatoms. The zero-order valence-electron chi connectivity index (χ0n) is 10.1. The van der Waals surface area contributed by atoms with E-state index in [1.807, 2.05) is 20.8 Å². The molecule has 0 radical (unpaired) electrons. The molecule has 0 N–H and O–H groups in total. The first-order valence-electron chi connectivity index (χ1n) is 5.78. The molecule has 2 rings (SSSR count). The normalized spacial score (nSPS) is 24.0. The summed E-state index contributed by atoms with van der Waals surface area (Å²) in [5.74, 6) is 0.600. The van der Waals surface area contributed by atoms with Crippen molar-refractivity contribution >= 4 is 11.8 Å². The summed E-state index contributed by atoms with van der Waals surface area (Å²) in [5.41, 5.74) is 0.996. The lowest BCUT2D eigenvalue weighted by atomic mass is 10.1. The third-order valence-corrected chi connectivity index (χ3v) is 2.86. The standard InChI is InChI=1S/C12H18N2O2/c1-8(2)16-12(15)10-5-7-14-6-4-9(3)13-11(10)14/h4,8,10H,5-7H2,1-3H3. The molecule has 88 valence electrons. The molecule has 1 unspecified atom stereocenters. The molecule has 2 heterocycles. The molecule has 2 aliphatic heterocycles. The van der Waals surface area contributed by atoms with Gasteiger partial charge in [-0.05, 0) is 33.3 Å². The van der Waals surface area contributed by atoms with E-state index in [1.165, 1.54) is 0 Å². The van der Waals surface area contributed by atoms with E-state index in [9.17, 15) is 4.79 Å². The summed E-state index contributed by atoms with van der Waals surface area (Å²) in [6.45, 7) is 7.49. The Labute approximate surface area is 96.0 Å². The summed E-state index contributed by atoms with van der Waals surface area (Å²) in [7, 11) is 0. The number of ether oxygens (including phenoxy) is 1. The van der Waals surface area contributed by atoms with E-state index in [1.54, 1.807) is 0 Å². The smallest absolute Gasteiger partial charge is 0.316 e. The zero-order chi connectivity index (χ0) is 11.7. The van der Waals surface area contributed by atoms with E-state index in [-0.39, 0.29) is 18.0 Å². The van der Waals surface area contributed by atoms with Crippen molar-refractivity contribution in [3.8, 4) is 0 Å². The third-order valence-electron chi connectivity index (χ3n) is 2.86. The van der Waals surface area contributed by atoms with E-state index in [2.05, 4.69) is 16.0 Å². The van der Waals surface area contributed by atoms with E-state index in [0.29, 0.717) is 0 Å². The second-order valence-corrected chi connectivity index (χ2v) is 4.59. The van der Waals surface area contributed by atoms with Crippen LogP contribution in [0.2, 0.25) is 0 Å². The molecular formula is C12H18N2O2. The van der Waals surface area contributed by atoms with Gasteiger partial charge in [0.1, 0.15) is 11.8 Å². The highest BCUT2D eigenvalue weighted by Crippen LogP contribution is 2.25. The molecule has 0 aromatic carbocycles. The highest BCUT2D eigenvalue weighted by Gasteiger charge is 2.36. The van der Waals surface area contributed by atoms with Gasteiger partial charge in [0.2, 0.25) is 0 Å². The molecule has 0 amide bonds. The Kier molecular flexibility index (Phi) is 2.99. The van der Waals surface area contributed by atoms with Crippen molar-refractivity contribution < 1.29 is 9.53 Å². The fourth-order valence-electron chi connectivity index (χ4n) is 2.09. The lowest BCUT2D eigenvalue weighted by Crippen LogP contribution is -2.34. The number of nitrogens with zero attached hydrogens (tertiary/aromatic N) is 2. The van der Waals surface area contributed by atoms with E-state index < -0.39 is 0 Å². The first-order chi connectivity index (χ1) is 7.58. The van der Waals surface area contributed by atoms with Crippen molar-refractivity contribution in [3.63, 3.8) is 0 Å². The Morgan fingerprint density at radius 2 is 2.38 bits per heavy atom. The molecule has 16 heavy (non-hydrogen) atoms. The average Bonchev–Trinajstić information content (AvgIpc) is 2.59. The quantitative estimate of drug-likeness (QED) is 0.666. The molecule has 1 atom stereocenters. The van der Waals surface area contributed by atoms with Gasteiger partial charge in [0, 0.05) is 18.8 Å². The highest BCUT2D eigenvalue weighted by atomic mass is 16.5. The predicted octanol–water partition coefficient (Wildman–Crippen LogP) is 1.58. The molecule has 0 aliphatic carbocycles. The second kappa shape index (κ2) is 4.28. The zero-order valence-corrected chi connectivity index (χ0v) is 10.1. The predicted molar refractivity (Wildman–Crippen MR) is 62.1 cm³/mol. The Hall–Kier alpha value is -1.32. The van der Waals surface area contributed by atoms with Crippen molar-refractivity contribution in [2.24, 2.45) is 10.9 Å². The van der Waals surface area contributed by atoms with Gasteiger partial charge in [-0.3, -0.25) is 4.79 Å². The van der Waals surface area contributed by atoms with Gasteiger partial charge in [-0.1, -0.05) is 0 Å². The van der Waals surface area contributed by atoms with Crippen LogP contribution >= 0.6 is 0 Å². The van der Waals surface area contributed by atoms with E-state index in [0.717, 1.165) is 31.0 Å². The van der Waals surface area contributed by atoms with Crippen molar-refractivity contribution in [2.45, 2.75) is 33.3 Å². The minimum absolute atomic E-state index is 0.0534. The van der Waals surface area contributed by atoms with Crippen LogP contribution in [0.25, 0.3) is 0 Å². The largest absolute Gasteiger partial charge is 0.462 e. The van der Waals surface area contributed by atoms with Crippen LogP contribution in [0.3, 0.4) is 0 Å². The maximum Gasteiger partial charge on any atom is 0.316 e. The van der Waals surface area contributed by atoms with Gasteiger partial charge < -0.3 is 9.64 Å². The van der Waals surface area contributed by atoms with E-state index in [4.69, 9.17) is 4.74 Å². The monoisotopic (exact) mass is 222 g/mol. The summed E-state index contributed by atoms with van der Waals surface area (Å²) in [4.78, 5) is 18.5. The number of carbonyl (C=O) groups excluding carboxylic acids is 1. The Balaban J connectivity index is 2.12. The first kappa shape index (κ1) is 11.2. The van der Waals surface area contributed by atoms with Crippen LogP contribution in [0.5, 0.6) is 0 Å². The van der Waals surface area contributed by atoms with Crippen LogP contribution in [-0.2, 0) is 9.53 Å². The van der Waals surface area contributed by atoms with Crippen LogP contribution in [0.4, 0.5) is 0 Å². The van der Waals surface area contributed by atoms with Crippen molar-refractivity contribution in [2.75, 3.05) is 13.1 Å². The molecular weight excluding hydrogens is 204 g/mol. The average molecular weight is 222 g/mol. The topological polar surface area (TPSA) is 41.9 Å². The number of fused-ring (bicyclic) bond motifs is 1. The van der Waals surface area contributed by atoms with Gasteiger partial charge in [0.15, 0.2) is 0 Å². The van der Waals surface area contributed by atoms with Crippen LogP contribution in [0, 0.1) is 5.92 Å². The molecule has 0 aromatic heterocycles. The SMILES string of the molecule is CC1=CCN2CCC(C(=O)OC(C)C)C2=N1. The Bertz CT molecular complexity index is 358. The van der Waals surface area contributed by atoms with Crippen LogP contribution in [0.1, 0.15) is 27.2 Å². The molecule has 0 aromatic rings. The number of aliphatic imine (C=N–C) groups is 1. The van der Waals surface area contributed by atoms with Crippen molar-refractivity contribution in [3.05, 3.63) is 11.8 Å². The summed E-state index contributed by atoms with van der Waals surface area (Å²) < 4.78 is 5.25. The molecule has 1 saturated heterocycles. The fourth-order valence-corrected chi connectivity index (χ4v) is 2.09. The number of hydrogen-bond acceptors (Lipinski definition) is 4. The van der Waals surface area contributed by atoms with Gasteiger partial charge in [-0.25, -0.2) is 4.99 Å². The maximum absolute atomic E-state index is 11.9. The second-order valence-electron chi connectivity index (χ2n) is 4.59. The summed E-state index contributed by atoms with van der Waals surface area (Å²) in [6, 6.07) is 0. The van der Waals surface area contributed by atoms with Gasteiger partial charge in [0.05, 0.1) is 6.10 Å². The number of rotatable bonds is 2. The lowest BCUT2D eigenvalue weighted by molar-refractivity contribution is -0.149. The number of allylic oxidation sites excluding steroid dienone is 1. The third kappa shape index (κ3) is 2.10. The molecule has 1 fully saturated rings. The number of hydrogen-bond donors (Lipinski definition) is 0. The first-order valence-corrected chi connectivity index (χ1v) is 5.78. The van der Waals surface area contributed by atoms with Gasteiger partial charge in [-0.2, -0.15) is 0 Å². The maximum atomic E-state index is 11.9. The molecule has 2 aliphatic rings.